The summed E-state index contributed by atoms with van der Waals surface area (Å²) in [6.45, 7) is 3.28. The predicted molar refractivity (Wildman–Crippen MR) is 80.4 cm³/mol. The topological polar surface area (TPSA) is 96.5 Å². The van der Waals surface area contributed by atoms with Crippen molar-refractivity contribution in [1.82, 2.24) is 10.6 Å². The summed E-state index contributed by atoms with van der Waals surface area (Å²) in [5, 5.41) is 8.39. The highest BCUT2D eigenvalue weighted by Gasteiger charge is 2.23. The first-order valence-electron chi connectivity index (χ1n) is 7.18. The van der Waals surface area contributed by atoms with E-state index in [4.69, 9.17) is 4.74 Å². The number of hydrogen-bond donors (Lipinski definition) is 3. The molecule has 1 aromatic carbocycles. The second-order valence-electron chi connectivity index (χ2n) is 4.85. The Labute approximate surface area is 128 Å². The summed E-state index contributed by atoms with van der Waals surface area (Å²) in [5.41, 5.74) is 0.988. The maximum Gasteiger partial charge on any atom is 0.338 e. The molecule has 22 heavy (non-hydrogen) atoms. The Bertz CT molecular complexity index is 556. The van der Waals surface area contributed by atoms with Gasteiger partial charge >= 0.3 is 5.97 Å². The van der Waals surface area contributed by atoms with E-state index in [-0.39, 0.29) is 18.2 Å². The molecule has 1 saturated heterocycles. The minimum atomic E-state index is -0.507. The average Bonchev–Trinajstić information content (AvgIpc) is 2.50. The molecule has 7 heteroatoms. The van der Waals surface area contributed by atoms with Gasteiger partial charge in [-0.05, 0) is 31.2 Å². The molecule has 1 fully saturated rings. The van der Waals surface area contributed by atoms with Gasteiger partial charge in [-0.1, -0.05) is 0 Å². The molecule has 1 heterocycles. The number of hydrogen-bond acceptors (Lipinski definition) is 5. The number of piperazine rings is 1. The maximum atomic E-state index is 11.9. The van der Waals surface area contributed by atoms with E-state index in [9.17, 15) is 14.4 Å². The lowest BCUT2D eigenvalue weighted by Gasteiger charge is -2.22. The molecule has 2 amide bonds. The van der Waals surface area contributed by atoms with Crippen LogP contribution in [0.4, 0.5) is 5.69 Å². The molecule has 0 aromatic heterocycles. The fraction of sp³-hybridized carbons (Fsp3) is 0.400. The third-order valence-electron chi connectivity index (χ3n) is 3.20. The number of rotatable bonds is 5. The number of carbonyl (C=O) groups excluding carboxylic acids is 3. The first kappa shape index (κ1) is 16.0. The maximum absolute atomic E-state index is 11.9. The van der Waals surface area contributed by atoms with Crippen molar-refractivity contribution >= 4 is 23.5 Å². The van der Waals surface area contributed by atoms with Crippen molar-refractivity contribution < 1.29 is 19.1 Å². The van der Waals surface area contributed by atoms with Crippen LogP contribution in [-0.4, -0.2) is 43.5 Å². The summed E-state index contributed by atoms with van der Waals surface area (Å²) in [4.78, 5) is 35.0. The van der Waals surface area contributed by atoms with E-state index in [2.05, 4.69) is 16.0 Å². The Hall–Kier alpha value is -2.41. The number of ether oxygens (including phenoxy) is 1. The first-order valence-corrected chi connectivity index (χ1v) is 7.18. The van der Waals surface area contributed by atoms with Crippen molar-refractivity contribution in [3.8, 4) is 0 Å². The summed E-state index contributed by atoms with van der Waals surface area (Å²) in [7, 11) is 0. The van der Waals surface area contributed by atoms with Gasteiger partial charge in [0.05, 0.1) is 24.6 Å². The summed E-state index contributed by atoms with van der Waals surface area (Å²) in [5.74, 6) is -0.832. The lowest BCUT2D eigenvalue weighted by molar-refractivity contribution is -0.127. The molecular formula is C15H19N3O4. The van der Waals surface area contributed by atoms with E-state index >= 15 is 0 Å². The molecule has 1 aliphatic rings. The molecule has 0 bridgehead atoms. The molecule has 3 N–H and O–H groups in total. The van der Waals surface area contributed by atoms with Gasteiger partial charge in [-0.3, -0.25) is 9.59 Å². The van der Waals surface area contributed by atoms with E-state index in [0.717, 1.165) is 0 Å². The van der Waals surface area contributed by atoms with E-state index in [1.807, 2.05) is 0 Å². The molecule has 0 radical (unpaired) electrons. The first-order chi connectivity index (χ1) is 10.6. The Morgan fingerprint density at radius 1 is 1.27 bits per heavy atom. The number of anilines is 1. The Morgan fingerprint density at radius 3 is 2.64 bits per heavy atom. The van der Waals surface area contributed by atoms with Crippen LogP contribution in [0.1, 0.15) is 23.7 Å². The van der Waals surface area contributed by atoms with Gasteiger partial charge < -0.3 is 20.7 Å². The second kappa shape index (κ2) is 7.56. The third kappa shape index (κ3) is 4.29. The summed E-state index contributed by atoms with van der Waals surface area (Å²) < 4.78 is 4.88. The number of benzene rings is 1. The zero-order chi connectivity index (χ0) is 15.9. The fourth-order valence-electron chi connectivity index (χ4n) is 2.11. The molecular weight excluding hydrogens is 286 g/mol. The zero-order valence-corrected chi connectivity index (χ0v) is 12.3. The molecule has 0 aliphatic carbocycles. The molecule has 0 saturated carbocycles. The smallest absolute Gasteiger partial charge is 0.338 e. The predicted octanol–water partition coefficient (Wildman–Crippen LogP) is 0.280. The fourth-order valence-corrected chi connectivity index (χ4v) is 2.11. The van der Waals surface area contributed by atoms with Crippen LogP contribution in [0.3, 0.4) is 0 Å². The van der Waals surface area contributed by atoms with Crippen molar-refractivity contribution in [3.63, 3.8) is 0 Å². The van der Waals surface area contributed by atoms with Crippen LogP contribution in [0.2, 0.25) is 0 Å². The lowest BCUT2D eigenvalue weighted by Crippen LogP contribution is -2.53. The van der Waals surface area contributed by atoms with Gasteiger partial charge in [-0.2, -0.15) is 0 Å². The van der Waals surface area contributed by atoms with E-state index in [1.54, 1.807) is 31.2 Å². The van der Waals surface area contributed by atoms with Gasteiger partial charge in [0.1, 0.15) is 0 Å². The number of nitrogens with one attached hydrogen (secondary N) is 3. The van der Waals surface area contributed by atoms with Gasteiger partial charge in [-0.25, -0.2) is 4.79 Å². The zero-order valence-electron chi connectivity index (χ0n) is 12.3. The SMILES string of the molecule is CCOC(=O)c1ccc(NC(=O)C[C@H]2NCCNC2=O)cc1. The highest BCUT2D eigenvalue weighted by molar-refractivity contribution is 5.96. The minimum Gasteiger partial charge on any atom is -0.462 e. The van der Waals surface area contributed by atoms with E-state index in [1.165, 1.54) is 0 Å². The van der Waals surface area contributed by atoms with Gasteiger partial charge in [0, 0.05) is 18.8 Å². The van der Waals surface area contributed by atoms with Crippen molar-refractivity contribution in [3.05, 3.63) is 29.8 Å². The normalized spacial score (nSPS) is 17.5. The van der Waals surface area contributed by atoms with Crippen LogP contribution in [0.25, 0.3) is 0 Å². The van der Waals surface area contributed by atoms with Crippen molar-refractivity contribution in [2.75, 3.05) is 25.0 Å². The van der Waals surface area contributed by atoms with Gasteiger partial charge in [0.2, 0.25) is 11.8 Å². The van der Waals surface area contributed by atoms with Crippen LogP contribution < -0.4 is 16.0 Å². The van der Waals surface area contributed by atoms with E-state index in [0.29, 0.717) is 30.9 Å². The molecule has 0 unspecified atom stereocenters. The minimum absolute atomic E-state index is 0.0610. The molecule has 118 valence electrons. The average molecular weight is 305 g/mol. The molecule has 1 aromatic rings. The Kier molecular flexibility index (Phi) is 5.48. The summed E-state index contributed by atoms with van der Waals surface area (Å²) in [6, 6.07) is 5.91. The molecule has 1 atom stereocenters. The van der Waals surface area contributed by atoms with Crippen LogP contribution in [-0.2, 0) is 14.3 Å². The van der Waals surface area contributed by atoms with Crippen LogP contribution in [0.15, 0.2) is 24.3 Å². The second-order valence-corrected chi connectivity index (χ2v) is 4.85. The monoisotopic (exact) mass is 305 g/mol. The molecule has 2 rings (SSSR count). The van der Waals surface area contributed by atoms with Crippen molar-refractivity contribution in [2.45, 2.75) is 19.4 Å². The lowest BCUT2D eigenvalue weighted by atomic mass is 10.1. The van der Waals surface area contributed by atoms with Gasteiger partial charge in [-0.15, -0.1) is 0 Å². The third-order valence-corrected chi connectivity index (χ3v) is 3.20. The quantitative estimate of drug-likeness (QED) is 0.679. The molecule has 0 spiro atoms. The Balaban J connectivity index is 1.88. The van der Waals surface area contributed by atoms with Crippen LogP contribution in [0, 0.1) is 0 Å². The van der Waals surface area contributed by atoms with Crippen LogP contribution in [0.5, 0.6) is 0 Å². The highest BCUT2D eigenvalue weighted by atomic mass is 16.5. The summed E-state index contributed by atoms with van der Waals surface area (Å²) in [6.07, 6.45) is 0.0610. The highest BCUT2D eigenvalue weighted by Crippen LogP contribution is 2.11. The summed E-state index contributed by atoms with van der Waals surface area (Å²) >= 11 is 0. The standard InChI is InChI=1S/C15H19N3O4/c1-2-22-15(21)10-3-5-11(6-4-10)18-13(19)9-12-14(20)17-8-7-16-12/h3-6,12,16H,2,7-9H2,1H3,(H,17,20)(H,18,19)/t12-/m1/s1. The molecule has 1 aliphatic heterocycles. The van der Waals surface area contributed by atoms with Crippen molar-refractivity contribution in [1.29, 1.82) is 0 Å². The number of carbonyl (C=O) groups is 3. The Morgan fingerprint density at radius 2 is 2.00 bits per heavy atom. The van der Waals surface area contributed by atoms with Gasteiger partial charge in [0.25, 0.3) is 0 Å². The molecule has 7 nitrogen and oxygen atoms in total. The number of esters is 1. The van der Waals surface area contributed by atoms with E-state index < -0.39 is 12.0 Å². The number of amides is 2. The van der Waals surface area contributed by atoms with Crippen LogP contribution >= 0.6 is 0 Å². The van der Waals surface area contributed by atoms with Gasteiger partial charge in [0.15, 0.2) is 0 Å². The largest absolute Gasteiger partial charge is 0.462 e. The van der Waals surface area contributed by atoms with Crippen molar-refractivity contribution in [2.24, 2.45) is 0 Å².